The van der Waals surface area contributed by atoms with E-state index in [1.165, 1.54) is 17.3 Å². The maximum atomic E-state index is 13.9. The Hall–Kier alpha value is -5.59. The molecule has 274 valence electrons. The highest BCUT2D eigenvalue weighted by molar-refractivity contribution is 6.31. The number of anilines is 1. The molecule has 1 unspecified atom stereocenters. The van der Waals surface area contributed by atoms with Crippen LogP contribution in [-0.4, -0.2) is 112 Å². The zero-order chi connectivity index (χ0) is 37.2. The van der Waals surface area contributed by atoms with Crippen molar-refractivity contribution in [3.05, 3.63) is 76.1 Å². The number of likely N-dealkylation sites (tertiary alicyclic amines) is 1. The van der Waals surface area contributed by atoms with Gasteiger partial charge in [0.1, 0.15) is 30.2 Å². The molecule has 5 amide bonds. The summed E-state index contributed by atoms with van der Waals surface area (Å²) in [6.45, 7) is 3.85. The fourth-order valence-electron chi connectivity index (χ4n) is 7.37. The molecule has 0 radical (unpaired) electrons. The molecule has 2 saturated heterocycles. The van der Waals surface area contributed by atoms with Crippen LogP contribution in [0.3, 0.4) is 0 Å². The van der Waals surface area contributed by atoms with Crippen LogP contribution in [-0.2, 0) is 9.59 Å². The fraction of sp³-hybridized carbons (Fsp3) is 0.405. The molecular weight excluding hydrogens is 704 g/mol. The second kappa shape index (κ2) is 15.2. The van der Waals surface area contributed by atoms with Crippen molar-refractivity contribution in [1.29, 1.82) is 5.26 Å². The lowest BCUT2D eigenvalue weighted by Gasteiger charge is -2.41. The number of amides is 5. The number of benzene rings is 2. The lowest BCUT2D eigenvalue weighted by molar-refractivity contribution is -0.155. The number of nitrogens with zero attached hydrogens (tertiary/aromatic N) is 7. The van der Waals surface area contributed by atoms with Gasteiger partial charge in [0, 0.05) is 63.6 Å². The number of piperazine rings is 1. The number of nitriles is 1. The number of ether oxygens (including phenoxy) is 2. The SMILES string of the molecule is N#Cc1ccc(OC2CCC(N3C(=O)CCC(N4C(=O)c5ccc(OCCN6CCN(c7ncc(C(N)=O)cn7)CC6)cc5C4=O)C3=O)CC2)cc1Cl. The number of halogens is 1. The third-order valence-corrected chi connectivity index (χ3v) is 10.6. The highest BCUT2D eigenvalue weighted by Crippen LogP contribution is 2.35. The van der Waals surface area contributed by atoms with Gasteiger partial charge in [0.05, 0.1) is 33.4 Å². The number of carbonyl (C=O) groups excluding carboxylic acids is 5. The van der Waals surface area contributed by atoms with Crippen molar-refractivity contribution in [2.75, 3.05) is 44.2 Å². The molecule has 1 atom stereocenters. The number of rotatable bonds is 10. The summed E-state index contributed by atoms with van der Waals surface area (Å²) in [5.74, 6) is -1.06. The van der Waals surface area contributed by atoms with Gasteiger partial charge >= 0.3 is 0 Å². The number of aromatic nitrogens is 2. The molecule has 0 bridgehead atoms. The predicted octanol–water partition coefficient (Wildman–Crippen LogP) is 2.81. The van der Waals surface area contributed by atoms with Gasteiger partial charge in [-0.05, 0) is 62.4 Å². The standard InChI is InChI=1S/C37H37ClN8O7/c38-30-18-27(4-1-22(30)19-39)53-25-5-2-24(3-6-25)45-32(47)10-9-31(36(45)51)46-34(49)28-8-7-26(17-29(28)35(46)50)52-16-15-43-11-13-44(14-12-43)37-41-20-23(21-42-37)33(40)48/h1,4,7-8,17-18,20-21,24-25,31H,2-3,5-6,9-16H2,(H2,40,48). The Bertz CT molecular complexity index is 1990. The smallest absolute Gasteiger partial charge is 0.262 e. The van der Waals surface area contributed by atoms with Crippen molar-refractivity contribution in [3.8, 4) is 17.6 Å². The maximum absolute atomic E-state index is 13.9. The Morgan fingerprint density at radius 3 is 2.26 bits per heavy atom. The van der Waals surface area contributed by atoms with Gasteiger partial charge in [0.25, 0.3) is 23.6 Å². The number of hydrogen-bond donors (Lipinski definition) is 1. The number of piperidine rings is 1. The van der Waals surface area contributed by atoms with Gasteiger partial charge in [-0.3, -0.25) is 38.7 Å². The van der Waals surface area contributed by atoms with Crippen LogP contribution in [0.1, 0.15) is 75.2 Å². The van der Waals surface area contributed by atoms with E-state index in [4.69, 9.17) is 32.1 Å². The summed E-state index contributed by atoms with van der Waals surface area (Å²) in [6, 6.07) is 10.2. The molecule has 1 aromatic heterocycles. The average molecular weight is 741 g/mol. The van der Waals surface area contributed by atoms with Gasteiger partial charge < -0.3 is 20.1 Å². The van der Waals surface area contributed by atoms with Crippen molar-refractivity contribution in [3.63, 3.8) is 0 Å². The van der Waals surface area contributed by atoms with Crippen LogP contribution in [0.25, 0.3) is 0 Å². The molecule has 1 aliphatic carbocycles. The molecule has 3 fully saturated rings. The van der Waals surface area contributed by atoms with Crippen LogP contribution in [0.15, 0.2) is 48.8 Å². The van der Waals surface area contributed by atoms with Crippen molar-refractivity contribution in [1.82, 2.24) is 24.7 Å². The molecule has 1 saturated carbocycles. The third kappa shape index (κ3) is 7.37. The second-order valence-corrected chi connectivity index (χ2v) is 13.9. The highest BCUT2D eigenvalue weighted by atomic mass is 35.5. The van der Waals surface area contributed by atoms with Crippen LogP contribution in [0, 0.1) is 11.3 Å². The molecule has 3 aliphatic heterocycles. The van der Waals surface area contributed by atoms with Gasteiger partial charge in [-0.25, -0.2) is 9.97 Å². The average Bonchev–Trinajstić information content (AvgIpc) is 3.41. The molecule has 15 nitrogen and oxygen atoms in total. The highest BCUT2D eigenvalue weighted by Gasteiger charge is 2.49. The summed E-state index contributed by atoms with van der Waals surface area (Å²) in [7, 11) is 0. The molecule has 4 heterocycles. The van der Waals surface area contributed by atoms with Gasteiger partial charge in [-0.2, -0.15) is 5.26 Å². The van der Waals surface area contributed by atoms with E-state index in [1.54, 1.807) is 36.4 Å². The first-order chi connectivity index (χ1) is 25.6. The molecule has 2 N–H and O–H groups in total. The number of hydrogen-bond acceptors (Lipinski definition) is 12. The minimum Gasteiger partial charge on any atom is -0.492 e. The number of nitrogens with two attached hydrogens (primary N) is 1. The van der Waals surface area contributed by atoms with E-state index in [0.717, 1.165) is 18.0 Å². The van der Waals surface area contributed by atoms with E-state index in [9.17, 15) is 24.0 Å². The van der Waals surface area contributed by atoms with Crippen molar-refractivity contribution < 1.29 is 33.4 Å². The van der Waals surface area contributed by atoms with Gasteiger partial charge in [0.2, 0.25) is 11.9 Å². The lowest BCUT2D eigenvalue weighted by atomic mass is 9.89. The summed E-state index contributed by atoms with van der Waals surface area (Å²) in [6.07, 6.45) is 4.98. The molecule has 3 aromatic rings. The zero-order valence-electron chi connectivity index (χ0n) is 28.8. The number of primary amides is 1. The quantitative estimate of drug-likeness (QED) is 0.300. The Balaban J connectivity index is 0.915. The van der Waals surface area contributed by atoms with Crippen LogP contribution in [0.2, 0.25) is 5.02 Å². The zero-order valence-corrected chi connectivity index (χ0v) is 29.5. The summed E-state index contributed by atoms with van der Waals surface area (Å²) in [4.78, 5) is 80.5. The predicted molar refractivity (Wildman–Crippen MR) is 189 cm³/mol. The summed E-state index contributed by atoms with van der Waals surface area (Å²) < 4.78 is 12.1. The van der Waals surface area contributed by atoms with Gasteiger partial charge in [0.15, 0.2) is 0 Å². The summed E-state index contributed by atoms with van der Waals surface area (Å²) in [5.41, 5.74) is 6.24. The first kappa shape index (κ1) is 35.8. The lowest BCUT2D eigenvalue weighted by Crippen LogP contribution is -2.59. The molecule has 4 aliphatic rings. The van der Waals surface area contributed by atoms with Crippen LogP contribution in [0.5, 0.6) is 11.5 Å². The van der Waals surface area contributed by atoms with E-state index in [-0.39, 0.29) is 47.6 Å². The Labute approximate surface area is 310 Å². The normalized spacial score (nSPS) is 22.1. The van der Waals surface area contributed by atoms with E-state index < -0.39 is 29.7 Å². The van der Waals surface area contributed by atoms with Crippen molar-refractivity contribution in [2.45, 2.75) is 56.7 Å². The van der Waals surface area contributed by atoms with Crippen LogP contribution in [0.4, 0.5) is 5.95 Å². The fourth-order valence-corrected chi connectivity index (χ4v) is 7.58. The minimum atomic E-state index is -1.08. The molecule has 0 spiro atoms. The van der Waals surface area contributed by atoms with Gasteiger partial charge in [-0.1, -0.05) is 11.6 Å². The van der Waals surface area contributed by atoms with Crippen molar-refractivity contribution in [2.24, 2.45) is 5.73 Å². The summed E-state index contributed by atoms with van der Waals surface area (Å²) in [5, 5.41) is 9.42. The first-order valence-electron chi connectivity index (χ1n) is 17.6. The van der Waals surface area contributed by atoms with E-state index >= 15 is 0 Å². The molecule has 2 aromatic carbocycles. The molecule has 7 rings (SSSR count). The first-order valence-corrected chi connectivity index (χ1v) is 17.9. The Morgan fingerprint density at radius 2 is 1.58 bits per heavy atom. The topological polar surface area (TPSA) is 192 Å². The number of imide groups is 2. The van der Waals surface area contributed by atoms with E-state index in [0.29, 0.717) is 80.0 Å². The number of fused-ring (bicyclic) bond motifs is 1. The largest absolute Gasteiger partial charge is 0.492 e. The molecular formula is C37H37ClN8O7. The van der Waals surface area contributed by atoms with E-state index in [1.807, 2.05) is 11.0 Å². The monoisotopic (exact) mass is 740 g/mol. The van der Waals surface area contributed by atoms with Crippen molar-refractivity contribution >= 4 is 47.1 Å². The van der Waals surface area contributed by atoms with Crippen LogP contribution < -0.4 is 20.1 Å². The molecule has 16 heteroatoms. The van der Waals surface area contributed by atoms with Gasteiger partial charge in [-0.15, -0.1) is 0 Å². The number of carbonyl (C=O) groups is 5. The second-order valence-electron chi connectivity index (χ2n) is 13.5. The maximum Gasteiger partial charge on any atom is 0.262 e. The Morgan fingerprint density at radius 1 is 0.887 bits per heavy atom. The third-order valence-electron chi connectivity index (χ3n) is 10.3. The molecule has 53 heavy (non-hydrogen) atoms. The Kier molecular flexibility index (Phi) is 10.3. The van der Waals surface area contributed by atoms with Crippen LogP contribution >= 0.6 is 11.6 Å². The minimum absolute atomic E-state index is 0.0429. The van der Waals surface area contributed by atoms with E-state index in [2.05, 4.69) is 14.9 Å². The summed E-state index contributed by atoms with van der Waals surface area (Å²) >= 11 is 6.15.